The number of carboxylic acid groups (broad SMARTS) is 1. The minimum Gasteiger partial charge on any atom is -0.481 e. The Balaban J connectivity index is 2.07. The molecule has 1 heterocycles. The summed E-state index contributed by atoms with van der Waals surface area (Å²) >= 11 is 1.44. The van der Waals surface area contributed by atoms with E-state index in [1.165, 1.54) is 11.8 Å². The highest BCUT2D eigenvalue weighted by molar-refractivity contribution is 7.99. The number of hydrogen-bond donors (Lipinski definition) is 2. The van der Waals surface area contributed by atoms with E-state index < -0.39 is 5.97 Å². The van der Waals surface area contributed by atoms with Crippen molar-refractivity contribution in [3.8, 4) is 0 Å². The number of imidazole rings is 1. The second kappa shape index (κ2) is 4.57. The zero-order valence-corrected chi connectivity index (χ0v) is 9.62. The van der Waals surface area contributed by atoms with E-state index >= 15 is 0 Å². The summed E-state index contributed by atoms with van der Waals surface area (Å²) in [5, 5.41) is 9.53. The molecule has 2 N–H and O–H groups in total. The van der Waals surface area contributed by atoms with Gasteiger partial charge in [0.2, 0.25) is 0 Å². The van der Waals surface area contributed by atoms with E-state index in [4.69, 9.17) is 5.11 Å². The number of aromatic amines is 1. The normalized spacial score (nSPS) is 12.8. The molecule has 4 nitrogen and oxygen atoms in total. The van der Waals surface area contributed by atoms with Crippen molar-refractivity contribution in [1.29, 1.82) is 0 Å². The fraction of sp³-hybridized carbons (Fsp3) is 0.273. The summed E-state index contributed by atoms with van der Waals surface area (Å²) in [5.41, 5.74) is 1.89. The van der Waals surface area contributed by atoms with E-state index in [2.05, 4.69) is 9.97 Å². The van der Waals surface area contributed by atoms with Crippen molar-refractivity contribution in [3.05, 3.63) is 24.3 Å². The molecular formula is C11H12N2O2S. The molecule has 0 amide bonds. The number of rotatable bonds is 4. The van der Waals surface area contributed by atoms with Gasteiger partial charge in [0.15, 0.2) is 5.16 Å². The molecule has 0 saturated carbocycles. The molecule has 0 bridgehead atoms. The van der Waals surface area contributed by atoms with Gasteiger partial charge < -0.3 is 10.1 Å². The van der Waals surface area contributed by atoms with Crippen LogP contribution in [0, 0.1) is 5.92 Å². The fourth-order valence-corrected chi connectivity index (χ4v) is 2.17. The summed E-state index contributed by atoms with van der Waals surface area (Å²) in [4.78, 5) is 18.2. The molecular weight excluding hydrogens is 224 g/mol. The Kier molecular flexibility index (Phi) is 3.14. The first kappa shape index (κ1) is 11.0. The molecule has 2 rings (SSSR count). The summed E-state index contributed by atoms with van der Waals surface area (Å²) in [5.74, 6) is -0.614. The quantitative estimate of drug-likeness (QED) is 0.800. The first-order chi connectivity index (χ1) is 7.66. The zero-order valence-electron chi connectivity index (χ0n) is 8.80. The van der Waals surface area contributed by atoms with E-state index in [-0.39, 0.29) is 5.92 Å². The molecule has 1 unspecified atom stereocenters. The molecule has 0 aliphatic heterocycles. The Hall–Kier alpha value is -1.49. The van der Waals surface area contributed by atoms with Gasteiger partial charge in [-0.1, -0.05) is 30.8 Å². The van der Waals surface area contributed by atoms with Crippen LogP contribution in [0.1, 0.15) is 6.92 Å². The molecule has 84 valence electrons. The Morgan fingerprint density at radius 3 is 3.00 bits per heavy atom. The SMILES string of the molecule is CC(CSc1nc2ccccc2[nH]1)C(=O)O. The number of aromatic nitrogens is 2. The van der Waals surface area contributed by atoms with Gasteiger partial charge in [-0.2, -0.15) is 0 Å². The van der Waals surface area contributed by atoms with Crippen LogP contribution >= 0.6 is 11.8 Å². The second-order valence-electron chi connectivity index (χ2n) is 3.61. The number of para-hydroxylation sites is 2. The standard InChI is InChI=1S/C11H12N2O2S/c1-7(10(14)15)6-16-11-12-8-4-2-3-5-9(8)13-11/h2-5,7H,6H2,1H3,(H,12,13)(H,14,15). The maximum Gasteiger partial charge on any atom is 0.307 e. The van der Waals surface area contributed by atoms with Crippen molar-refractivity contribution in [2.75, 3.05) is 5.75 Å². The summed E-state index contributed by atoms with van der Waals surface area (Å²) in [6.07, 6.45) is 0. The van der Waals surface area contributed by atoms with Crippen LogP contribution in [-0.2, 0) is 4.79 Å². The van der Waals surface area contributed by atoms with E-state index in [9.17, 15) is 4.79 Å². The smallest absolute Gasteiger partial charge is 0.307 e. The van der Waals surface area contributed by atoms with Crippen LogP contribution in [0.15, 0.2) is 29.4 Å². The van der Waals surface area contributed by atoms with Gasteiger partial charge in [0.05, 0.1) is 17.0 Å². The summed E-state index contributed by atoms with van der Waals surface area (Å²) in [6, 6.07) is 7.75. The van der Waals surface area contributed by atoms with Crippen LogP contribution in [0.25, 0.3) is 11.0 Å². The number of hydrogen-bond acceptors (Lipinski definition) is 3. The monoisotopic (exact) mass is 236 g/mol. The fourth-order valence-electron chi connectivity index (χ4n) is 1.27. The highest BCUT2D eigenvalue weighted by Crippen LogP contribution is 2.21. The Labute approximate surface area is 97.1 Å². The van der Waals surface area contributed by atoms with E-state index in [0.29, 0.717) is 5.75 Å². The second-order valence-corrected chi connectivity index (χ2v) is 4.62. The Bertz CT molecular complexity index is 476. The van der Waals surface area contributed by atoms with Gasteiger partial charge in [0, 0.05) is 5.75 Å². The molecule has 0 radical (unpaired) electrons. The number of carbonyl (C=O) groups is 1. The highest BCUT2D eigenvalue weighted by Gasteiger charge is 2.12. The van der Waals surface area contributed by atoms with Crippen molar-refractivity contribution in [3.63, 3.8) is 0 Å². The van der Waals surface area contributed by atoms with Crippen LogP contribution in [0.2, 0.25) is 0 Å². The lowest BCUT2D eigenvalue weighted by molar-refractivity contribution is -0.140. The van der Waals surface area contributed by atoms with Crippen LogP contribution in [0.3, 0.4) is 0 Å². The molecule has 2 aromatic rings. The number of nitrogens with zero attached hydrogens (tertiary/aromatic N) is 1. The first-order valence-electron chi connectivity index (χ1n) is 4.97. The Morgan fingerprint density at radius 1 is 1.56 bits per heavy atom. The molecule has 1 aromatic carbocycles. The number of carboxylic acids is 1. The third kappa shape index (κ3) is 2.36. The van der Waals surface area contributed by atoms with Gasteiger partial charge in [0.1, 0.15) is 0 Å². The van der Waals surface area contributed by atoms with Gasteiger partial charge in [-0.15, -0.1) is 0 Å². The summed E-state index contributed by atoms with van der Waals surface area (Å²) in [6.45, 7) is 1.69. The minimum absolute atomic E-state index is 0.363. The number of fused-ring (bicyclic) bond motifs is 1. The molecule has 5 heteroatoms. The molecule has 0 spiro atoms. The molecule has 16 heavy (non-hydrogen) atoms. The van der Waals surface area contributed by atoms with Crippen LogP contribution in [0.4, 0.5) is 0 Å². The average molecular weight is 236 g/mol. The molecule has 0 aliphatic carbocycles. The van der Waals surface area contributed by atoms with Crippen LogP contribution < -0.4 is 0 Å². The number of aliphatic carboxylic acids is 1. The van der Waals surface area contributed by atoms with Gasteiger partial charge in [-0.25, -0.2) is 4.98 Å². The minimum atomic E-state index is -0.774. The van der Waals surface area contributed by atoms with Crippen molar-refractivity contribution in [2.45, 2.75) is 12.1 Å². The largest absolute Gasteiger partial charge is 0.481 e. The lowest BCUT2D eigenvalue weighted by Crippen LogP contribution is -2.11. The van der Waals surface area contributed by atoms with Gasteiger partial charge in [-0.05, 0) is 12.1 Å². The number of H-pyrrole nitrogens is 1. The van der Waals surface area contributed by atoms with E-state index in [1.54, 1.807) is 6.92 Å². The predicted molar refractivity (Wildman–Crippen MR) is 63.6 cm³/mol. The first-order valence-corrected chi connectivity index (χ1v) is 5.95. The maximum atomic E-state index is 10.6. The lowest BCUT2D eigenvalue weighted by atomic mass is 10.2. The average Bonchev–Trinajstić information content (AvgIpc) is 2.68. The summed E-state index contributed by atoms with van der Waals surface area (Å²) < 4.78 is 0. The number of thioether (sulfide) groups is 1. The molecule has 1 aromatic heterocycles. The van der Waals surface area contributed by atoms with Crippen molar-refractivity contribution < 1.29 is 9.90 Å². The lowest BCUT2D eigenvalue weighted by Gasteiger charge is -2.02. The highest BCUT2D eigenvalue weighted by atomic mass is 32.2. The molecule has 1 atom stereocenters. The van der Waals surface area contributed by atoms with Crippen molar-refractivity contribution in [2.24, 2.45) is 5.92 Å². The topological polar surface area (TPSA) is 66.0 Å². The molecule has 0 aliphatic rings. The van der Waals surface area contributed by atoms with Gasteiger partial charge in [-0.3, -0.25) is 4.79 Å². The summed E-state index contributed by atoms with van der Waals surface area (Å²) in [7, 11) is 0. The zero-order chi connectivity index (χ0) is 11.5. The molecule has 0 saturated heterocycles. The van der Waals surface area contributed by atoms with E-state index in [1.807, 2.05) is 24.3 Å². The maximum absolute atomic E-state index is 10.6. The third-order valence-electron chi connectivity index (χ3n) is 2.26. The number of nitrogens with one attached hydrogen (secondary N) is 1. The number of benzene rings is 1. The predicted octanol–water partition coefficient (Wildman–Crippen LogP) is 2.38. The van der Waals surface area contributed by atoms with Gasteiger partial charge >= 0.3 is 5.97 Å². The van der Waals surface area contributed by atoms with Crippen LogP contribution in [0.5, 0.6) is 0 Å². The van der Waals surface area contributed by atoms with Crippen molar-refractivity contribution in [1.82, 2.24) is 9.97 Å². The van der Waals surface area contributed by atoms with Gasteiger partial charge in [0.25, 0.3) is 0 Å². The van der Waals surface area contributed by atoms with E-state index in [0.717, 1.165) is 16.2 Å². The third-order valence-corrected chi connectivity index (χ3v) is 3.39. The molecule has 0 fully saturated rings. The Morgan fingerprint density at radius 2 is 2.31 bits per heavy atom. The van der Waals surface area contributed by atoms with Crippen LogP contribution in [-0.4, -0.2) is 26.8 Å². The van der Waals surface area contributed by atoms with Crippen molar-refractivity contribution >= 4 is 28.8 Å².